The fraction of sp³-hybridized carbons (Fsp3) is 0.909. The topological polar surface area (TPSA) is 51.5 Å². The molecule has 0 bridgehead atoms. The highest BCUT2D eigenvalue weighted by molar-refractivity contribution is 4.66. The van der Waals surface area contributed by atoms with Crippen LogP contribution in [-0.4, -0.2) is 32.7 Å². The zero-order valence-electron chi connectivity index (χ0n) is 9.11. The Balaban J connectivity index is 1.82. The fourth-order valence-electron chi connectivity index (χ4n) is 1.48. The van der Waals surface area contributed by atoms with Crippen LogP contribution in [0.25, 0.3) is 0 Å². The Morgan fingerprint density at radius 3 is 2.87 bits per heavy atom. The molecule has 0 aromatic heterocycles. The maximum atomic E-state index is 8.22. The minimum Gasteiger partial charge on any atom is -0.367 e. The van der Waals surface area contributed by atoms with Crippen molar-refractivity contribution in [2.75, 3.05) is 26.4 Å². The minimum absolute atomic E-state index is 0.0128. The zero-order chi connectivity index (χ0) is 10.8. The van der Waals surface area contributed by atoms with Crippen molar-refractivity contribution in [1.82, 2.24) is 0 Å². The van der Waals surface area contributed by atoms with Crippen LogP contribution < -0.4 is 0 Å². The van der Waals surface area contributed by atoms with E-state index in [0.29, 0.717) is 6.61 Å². The standard InChI is InChI=1S/C11H19NO3/c12-6-10-13-7-3-4-9-15-11-5-1-2-8-14-11/h11H,1-5,7-10H2. The summed E-state index contributed by atoms with van der Waals surface area (Å²) in [6.07, 6.45) is 5.29. The molecule has 1 rings (SSSR count). The van der Waals surface area contributed by atoms with Crippen molar-refractivity contribution in [3.8, 4) is 6.07 Å². The van der Waals surface area contributed by atoms with Crippen LogP contribution in [0.5, 0.6) is 0 Å². The van der Waals surface area contributed by atoms with Gasteiger partial charge < -0.3 is 14.2 Å². The van der Waals surface area contributed by atoms with Crippen LogP contribution >= 0.6 is 0 Å². The molecule has 1 heterocycles. The molecule has 15 heavy (non-hydrogen) atoms. The van der Waals surface area contributed by atoms with Gasteiger partial charge in [-0.1, -0.05) is 0 Å². The van der Waals surface area contributed by atoms with E-state index < -0.39 is 0 Å². The Hall–Kier alpha value is -0.630. The first-order chi connectivity index (χ1) is 7.43. The Kier molecular flexibility index (Phi) is 7.18. The lowest BCUT2D eigenvalue weighted by atomic mass is 10.2. The Morgan fingerprint density at radius 1 is 1.27 bits per heavy atom. The Bertz CT molecular complexity index is 185. The average molecular weight is 213 g/mol. The number of ether oxygens (including phenoxy) is 3. The lowest BCUT2D eigenvalue weighted by molar-refractivity contribution is -0.163. The molecule has 4 heteroatoms. The third kappa shape index (κ3) is 6.45. The van der Waals surface area contributed by atoms with Gasteiger partial charge in [0.1, 0.15) is 6.61 Å². The predicted octanol–water partition coefficient (Wildman–Crippen LogP) is 1.85. The summed E-state index contributed by atoms with van der Waals surface area (Å²) in [5, 5.41) is 8.22. The molecule has 0 aliphatic carbocycles. The molecule has 0 N–H and O–H groups in total. The summed E-state index contributed by atoms with van der Waals surface area (Å²) in [6.45, 7) is 2.38. The molecule has 1 aliphatic heterocycles. The number of nitriles is 1. The summed E-state index contributed by atoms with van der Waals surface area (Å²) < 4.78 is 16.0. The van der Waals surface area contributed by atoms with E-state index in [9.17, 15) is 0 Å². The van der Waals surface area contributed by atoms with Crippen molar-refractivity contribution in [3.05, 3.63) is 0 Å². The molecule has 0 radical (unpaired) electrons. The van der Waals surface area contributed by atoms with Crippen LogP contribution in [0.15, 0.2) is 0 Å². The van der Waals surface area contributed by atoms with Gasteiger partial charge in [-0.25, -0.2) is 0 Å². The first-order valence-electron chi connectivity index (χ1n) is 5.61. The first kappa shape index (κ1) is 12.4. The maximum Gasteiger partial charge on any atom is 0.157 e. The smallest absolute Gasteiger partial charge is 0.157 e. The molecule has 1 saturated heterocycles. The van der Waals surface area contributed by atoms with E-state index in [-0.39, 0.29) is 12.9 Å². The minimum atomic E-state index is 0.0128. The predicted molar refractivity (Wildman–Crippen MR) is 55.2 cm³/mol. The molecular weight excluding hydrogens is 194 g/mol. The van der Waals surface area contributed by atoms with Gasteiger partial charge in [-0.05, 0) is 32.1 Å². The van der Waals surface area contributed by atoms with E-state index in [1.54, 1.807) is 0 Å². The van der Waals surface area contributed by atoms with Crippen LogP contribution in [-0.2, 0) is 14.2 Å². The molecule has 0 spiro atoms. The van der Waals surface area contributed by atoms with Crippen LogP contribution in [0.4, 0.5) is 0 Å². The van der Waals surface area contributed by atoms with Crippen molar-refractivity contribution < 1.29 is 14.2 Å². The zero-order valence-corrected chi connectivity index (χ0v) is 9.11. The first-order valence-corrected chi connectivity index (χ1v) is 5.61. The number of unbranched alkanes of at least 4 members (excludes halogenated alkanes) is 1. The summed E-state index contributed by atoms with van der Waals surface area (Å²) in [7, 11) is 0. The molecule has 0 aromatic carbocycles. The van der Waals surface area contributed by atoms with Crippen molar-refractivity contribution in [2.45, 2.75) is 38.4 Å². The van der Waals surface area contributed by atoms with Gasteiger partial charge in [-0.15, -0.1) is 0 Å². The van der Waals surface area contributed by atoms with Crippen LogP contribution in [0.1, 0.15) is 32.1 Å². The average Bonchev–Trinajstić information content (AvgIpc) is 2.29. The van der Waals surface area contributed by atoms with E-state index in [1.165, 1.54) is 6.42 Å². The number of rotatable bonds is 7. The monoisotopic (exact) mass is 213 g/mol. The highest BCUT2D eigenvalue weighted by atomic mass is 16.7. The van der Waals surface area contributed by atoms with Gasteiger partial charge in [0.2, 0.25) is 0 Å². The third-order valence-corrected chi connectivity index (χ3v) is 2.29. The number of nitrogens with zero attached hydrogens (tertiary/aromatic N) is 1. The molecule has 1 fully saturated rings. The normalized spacial score (nSPS) is 21.1. The summed E-state index contributed by atoms with van der Waals surface area (Å²) in [4.78, 5) is 0. The molecule has 4 nitrogen and oxygen atoms in total. The van der Waals surface area contributed by atoms with E-state index >= 15 is 0 Å². The quantitative estimate of drug-likeness (QED) is 0.606. The molecule has 1 atom stereocenters. The second-order valence-electron chi connectivity index (χ2n) is 3.58. The van der Waals surface area contributed by atoms with Crippen molar-refractivity contribution >= 4 is 0 Å². The second-order valence-corrected chi connectivity index (χ2v) is 3.58. The number of hydrogen-bond acceptors (Lipinski definition) is 4. The van der Waals surface area contributed by atoms with Gasteiger partial charge in [-0.2, -0.15) is 5.26 Å². The van der Waals surface area contributed by atoms with Crippen LogP contribution in [0.3, 0.4) is 0 Å². The highest BCUT2D eigenvalue weighted by Crippen LogP contribution is 2.13. The summed E-state index contributed by atoms with van der Waals surface area (Å²) in [5.41, 5.74) is 0. The maximum absolute atomic E-state index is 8.22. The van der Waals surface area contributed by atoms with Crippen molar-refractivity contribution in [3.63, 3.8) is 0 Å². The fourth-order valence-corrected chi connectivity index (χ4v) is 1.48. The van der Waals surface area contributed by atoms with Gasteiger partial charge in [0, 0.05) is 19.8 Å². The highest BCUT2D eigenvalue weighted by Gasteiger charge is 2.13. The molecular formula is C11H19NO3. The van der Waals surface area contributed by atoms with E-state index in [1.807, 2.05) is 6.07 Å². The summed E-state index contributed by atoms with van der Waals surface area (Å²) >= 11 is 0. The third-order valence-electron chi connectivity index (χ3n) is 2.29. The largest absolute Gasteiger partial charge is 0.367 e. The molecule has 1 aliphatic rings. The van der Waals surface area contributed by atoms with Gasteiger partial charge in [0.05, 0.1) is 6.07 Å². The lowest BCUT2D eigenvalue weighted by Crippen LogP contribution is -2.22. The molecule has 0 amide bonds. The second kappa shape index (κ2) is 8.66. The number of hydrogen-bond donors (Lipinski definition) is 0. The SMILES string of the molecule is N#CCOCCCCOC1CCCCO1. The van der Waals surface area contributed by atoms with E-state index in [4.69, 9.17) is 19.5 Å². The molecule has 1 unspecified atom stereocenters. The van der Waals surface area contributed by atoms with Gasteiger partial charge >= 0.3 is 0 Å². The van der Waals surface area contributed by atoms with Crippen molar-refractivity contribution in [1.29, 1.82) is 5.26 Å². The molecule has 86 valence electrons. The van der Waals surface area contributed by atoms with Crippen LogP contribution in [0, 0.1) is 11.3 Å². The van der Waals surface area contributed by atoms with Gasteiger partial charge in [-0.3, -0.25) is 0 Å². The van der Waals surface area contributed by atoms with Gasteiger partial charge in [0.25, 0.3) is 0 Å². The summed E-state index contributed by atoms with van der Waals surface area (Å²) in [5.74, 6) is 0. The van der Waals surface area contributed by atoms with E-state index in [0.717, 1.165) is 38.9 Å². The Morgan fingerprint density at radius 2 is 2.13 bits per heavy atom. The van der Waals surface area contributed by atoms with Gasteiger partial charge in [0.15, 0.2) is 6.29 Å². The summed E-state index contributed by atoms with van der Waals surface area (Å²) in [6, 6.07) is 1.94. The Labute approximate surface area is 91.1 Å². The van der Waals surface area contributed by atoms with Crippen molar-refractivity contribution in [2.24, 2.45) is 0 Å². The molecule has 0 saturated carbocycles. The lowest BCUT2D eigenvalue weighted by Gasteiger charge is -2.22. The molecule has 0 aromatic rings. The van der Waals surface area contributed by atoms with E-state index in [2.05, 4.69) is 0 Å². The van der Waals surface area contributed by atoms with Crippen LogP contribution in [0.2, 0.25) is 0 Å².